The minimum Gasteiger partial charge on any atom is -0.496 e. The number of hydrogen-bond acceptors (Lipinski definition) is 4. The highest BCUT2D eigenvalue weighted by Crippen LogP contribution is 2.34. The molecule has 1 aliphatic rings. The fraction of sp³-hybridized carbons (Fsp3) is 0.409. The van der Waals surface area contributed by atoms with E-state index in [4.69, 9.17) is 4.74 Å². The predicted molar refractivity (Wildman–Crippen MR) is 113 cm³/mol. The standard InChI is InChI=1S/C22H28N4O2/c1-15(2)26-11-9-25(10-12-26)14-16-7-8-20(28-3)18(13-16)17-5-4-6-19-21(17)24-22(27)23-19/h4-8,13,15H,9-12,14H2,1-3H3,(H2,23,24,27). The van der Waals surface area contributed by atoms with Gasteiger partial charge in [0.2, 0.25) is 0 Å². The van der Waals surface area contributed by atoms with E-state index in [9.17, 15) is 4.79 Å². The Morgan fingerprint density at radius 1 is 1.04 bits per heavy atom. The summed E-state index contributed by atoms with van der Waals surface area (Å²) in [6.07, 6.45) is 0. The predicted octanol–water partition coefficient (Wildman–Crippen LogP) is 3.06. The van der Waals surface area contributed by atoms with Gasteiger partial charge in [-0.2, -0.15) is 0 Å². The molecule has 3 aromatic rings. The van der Waals surface area contributed by atoms with Crippen molar-refractivity contribution in [1.29, 1.82) is 0 Å². The number of imidazole rings is 1. The first-order chi connectivity index (χ1) is 13.5. The summed E-state index contributed by atoms with van der Waals surface area (Å²) in [6.45, 7) is 9.84. The van der Waals surface area contributed by atoms with Crippen LogP contribution in [0.3, 0.4) is 0 Å². The zero-order valence-corrected chi connectivity index (χ0v) is 16.8. The van der Waals surface area contributed by atoms with Crippen LogP contribution in [0, 0.1) is 0 Å². The highest BCUT2D eigenvalue weighted by atomic mass is 16.5. The Morgan fingerprint density at radius 3 is 2.54 bits per heavy atom. The van der Waals surface area contributed by atoms with Gasteiger partial charge in [0.15, 0.2) is 0 Å². The van der Waals surface area contributed by atoms with Crippen molar-refractivity contribution in [2.45, 2.75) is 26.4 Å². The molecule has 1 saturated heterocycles. The highest BCUT2D eigenvalue weighted by Gasteiger charge is 2.19. The molecule has 2 N–H and O–H groups in total. The van der Waals surface area contributed by atoms with E-state index in [1.807, 2.05) is 24.3 Å². The molecule has 0 unspecified atom stereocenters. The summed E-state index contributed by atoms with van der Waals surface area (Å²) in [5.41, 5.74) is 4.65. The molecule has 2 heterocycles. The fourth-order valence-corrected chi connectivity index (χ4v) is 4.04. The molecule has 148 valence electrons. The molecular weight excluding hydrogens is 352 g/mol. The number of H-pyrrole nitrogens is 2. The van der Waals surface area contributed by atoms with E-state index in [1.165, 1.54) is 5.56 Å². The van der Waals surface area contributed by atoms with Gasteiger partial charge >= 0.3 is 5.69 Å². The van der Waals surface area contributed by atoms with E-state index in [-0.39, 0.29) is 5.69 Å². The van der Waals surface area contributed by atoms with Crippen LogP contribution in [0.4, 0.5) is 0 Å². The van der Waals surface area contributed by atoms with Gasteiger partial charge in [0, 0.05) is 49.9 Å². The number of methoxy groups -OCH3 is 1. The number of aromatic nitrogens is 2. The van der Waals surface area contributed by atoms with Crippen LogP contribution in [-0.4, -0.2) is 59.1 Å². The average Bonchev–Trinajstić information content (AvgIpc) is 3.08. The average molecular weight is 380 g/mol. The summed E-state index contributed by atoms with van der Waals surface area (Å²) in [5.74, 6) is 0.808. The fourth-order valence-electron chi connectivity index (χ4n) is 4.04. The third kappa shape index (κ3) is 3.70. The zero-order valence-electron chi connectivity index (χ0n) is 16.8. The number of nitrogens with one attached hydrogen (secondary N) is 2. The van der Waals surface area contributed by atoms with Crippen molar-refractivity contribution in [2.75, 3.05) is 33.3 Å². The summed E-state index contributed by atoms with van der Waals surface area (Å²) >= 11 is 0. The van der Waals surface area contributed by atoms with Crippen molar-refractivity contribution in [3.8, 4) is 16.9 Å². The molecule has 0 saturated carbocycles. The van der Waals surface area contributed by atoms with Gasteiger partial charge in [-0.3, -0.25) is 9.80 Å². The van der Waals surface area contributed by atoms with Gasteiger partial charge in [-0.05, 0) is 37.6 Å². The van der Waals surface area contributed by atoms with Crippen LogP contribution in [0.1, 0.15) is 19.4 Å². The first kappa shape index (κ1) is 18.8. The smallest absolute Gasteiger partial charge is 0.323 e. The number of piperazine rings is 1. The van der Waals surface area contributed by atoms with Gasteiger partial charge in [-0.15, -0.1) is 0 Å². The van der Waals surface area contributed by atoms with Gasteiger partial charge in [-0.25, -0.2) is 4.79 Å². The summed E-state index contributed by atoms with van der Waals surface area (Å²) in [4.78, 5) is 22.6. The third-order valence-corrected chi connectivity index (χ3v) is 5.65. The van der Waals surface area contributed by atoms with Gasteiger partial charge < -0.3 is 14.7 Å². The molecule has 1 fully saturated rings. The van der Waals surface area contributed by atoms with Crippen LogP contribution < -0.4 is 10.4 Å². The Labute approximate surface area is 165 Å². The topological polar surface area (TPSA) is 64.4 Å². The van der Waals surface area contributed by atoms with Crippen molar-refractivity contribution >= 4 is 11.0 Å². The lowest BCUT2D eigenvalue weighted by molar-refractivity contribution is 0.104. The Bertz CT molecular complexity index is 1010. The first-order valence-electron chi connectivity index (χ1n) is 9.90. The number of nitrogens with zero attached hydrogens (tertiary/aromatic N) is 2. The van der Waals surface area contributed by atoms with Crippen LogP contribution in [0.2, 0.25) is 0 Å². The molecule has 0 bridgehead atoms. The molecule has 0 aliphatic carbocycles. The minimum absolute atomic E-state index is 0.194. The van der Waals surface area contributed by atoms with Gasteiger partial charge in [-0.1, -0.05) is 18.2 Å². The molecule has 0 amide bonds. The number of rotatable bonds is 5. The summed E-state index contributed by atoms with van der Waals surface area (Å²) in [5, 5.41) is 0. The van der Waals surface area contributed by atoms with Crippen molar-refractivity contribution in [1.82, 2.24) is 19.8 Å². The zero-order chi connectivity index (χ0) is 19.7. The molecule has 1 aliphatic heterocycles. The van der Waals surface area contributed by atoms with E-state index in [0.717, 1.165) is 60.6 Å². The summed E-state index contributed by atoms with van der Waals surface area (Å²) < 4.78 is 5.62. The minimum atomic E-state index is -0.194. The highest BCUT2D eigenvalue weighted by molar-refractivity contribution is 5.93. The van der Waals surface area contributed by atoms with Gasteiger partial charge in [0.05, 0.1) is 18.1 Å². The second-order valence-corrected chi connectivity index (χ2v) is 7.75. The van der Waals surface area contributed by atoms with E-state index >= 15 is 0 Å². The first-order valence-corrected chi connectivity index (χ1v) is 9.90. The van der Waals surface area contributed by atoms with Crippen molar-refractivity contribution in [3.05, 3.63) is 52.4 Å². The van der Waals surface area contributed by atoms with Crippen molar-refractivity contribution < 1.29 is 4.74 Å². The molecule has 1 aromatic heterocycles. The van der Waals surface area contributed by atoms with Crippen LogP contribution in [-0.2, 0) is 6.54 Å². The maximum Gasteiger partial charge on any atom is 0.323 e. The second-order valence-electron chi connectivity index (χ2n) is 7.75. The SMILES string of the molecule is COc1ccc(CN2CCN(C(C)C)CC2)cc1-c1cccc2[nH]c(=O)[nH]c12. The lowest BCUT2D eigenvalue weighted by atomic mass is 10.00. The van der Waals surface area contributed by atoms with Gasteiger partial charge in [0.1, 0.15) is 5.75 Å². The molecule has 6 heteroatoms. The second kappa shape index (κ2) is 7.81. The maximum atomic E-state index is 11.8. The largest absolute Gasteiger partial charge is 0.496 e. The lowest BCUT2D eigenvalue weighted by Gasteiger charge is -2.37. The molecule has 0 atom stereocenters. The summed E-state index contributed by atoms with van der Waals surface area (Å²) in [6, 6.07) is 12.8. The molecule has 4 rings (SSSR count). The molecule has 28 heavy (non-hydrogen) atoms. The number of benzene rings is 2. The number of para-hydroxylation sites is 1. The van der Waals surface area contributed by atoms with E-state index < -0.39 is 0 Å². The quantitative estimate of drug-likeness (QED) is 0.714. The number of ether oxygens (including phenoxy) is 1. The third-order valence-electron chi connectivity index (χ3n) is 5.65. The number of hydrogen-bond donors (Lipinski definition) is 2. The Morgan fingerprint density at radius 2 is 1.82 bits per heavy atom. The Balaban J connectivity index is 1.63. The number of aromatic amines is 2. The van der Waals surface area contributed by atoms with Crippen LogP contribution >= 0.6 is 0 Å². The van der Waals surface area contributed by atoms with Crippen LogP contribution in [0.15, 0.2) is 41.2 Å². The maximum absolute atomic E-state index is 11.8. The Kier molecular flexibility index (Phi) is 5.24. The van der Waals surface area contributed by atoms with Crippen molar-refractivity contribution in [3.63, 3.8) is 0 Å². The summed E-state index contributed by atoms with van der Waals surface area (Å²) in [7, 11) is 1.68. The normalized spacial score (nSPS) is 16.1. The molecule has 6 nitrogen and oxygen atoms in total. The van der Waals surface area contributed by atoms with Crippen LogP contribution in [0.25, 0.3) is 22.2 Å². The van der Waals surface area contributed by atoms with E-state index in [1.54, 1.807) is 7.11 Å². The van der Waals surface area contributed by atoms with Crippen molar-refractivity contribution in [2.24, 2.45) is 0 Å². The molecular formula is C22H28N4O2. The monoisotopic (exact) mass is 380 g/mol. The van der Waals surface area contributed by atoms with E-state index in [0.29, 0.717) is 6.04 Å². The molecule has 0 radical (unpaired) electrons. The molecule has 2 aromatic carbocycles. The van der Waals surface area contributed by atoms with Crippen LogP contribution in [0.5, 0.6) is 5.75 Å². The van der Waals surface area contributed by atoms with E-state index in [2.05, 4.69) is 45.7 Å². The Hall–Kier alpha value is -2.57. The number of fused-ring (bicyclic) bond motifs is 1. The molecule has 0 spiro atoms. The lowest BCUT2D eigenvalue weighted by Crippen LogP contribution is -2.48. The van der Waals surface area contributed by atoms with Gasteiger partial charge in [0.25, 0.3) is 0 Å².